The summed E-state index contributed by atoms with van der Waals surface area (Å²) in [5.74, 6) is 0.264. The van der Waals surface area contributed by atoms with Crippen LogP contribution in [0.15, 0.2) is 53.0 Å². The van der Waals surface area contributed by atoms with Crippen molar-refractivity contribution in [2.24, 2.45) is 5.92 Å². The van der Waals surface area contributed by atoms with Gasteiger partial charge in [0.05, 0.1) is 0 Å². The lowest BCUT2D eigenvalue weighted by Crippen LogP contribution is -2.14. The van der Waals surface area contributed by atoms with E-state index in [-0.39, 0.29) is 12.5 Å². The van der Waals surface area contributed by atoms with Gasteiger partial charge in [0.1, 0.15) is 0 Å². The molecular formula is C17H19BrO. The fourth-order valence-electron chi connectivity index (χ4n) is 2.33. The first-order chi connectivity index (χ1) is 9.20. The Morgan fingerprint density at radius 1 is 0.947 bits per heavy atom. The van der Waals surface area contributed by atoms with Crippen molar-refractivity contribution in [2.45, 2.75) is 19.8 Å². The maximum absolute atomic E-state index is 9.62. The van der Waals surface area contributed by atoms with Gasteiger partial charge in [0, 0.05) is 11.1 Å². The average Bonchev–Trinajstić information content (AvgIpc) is 2.42. The summed E-state index contributed by atoms with van der Waals surface area (Å²) in [4.78, 5) is 0. The Hall–Kier alpha value is -1.12. The summed E-state index contributed by atoms with van der Waals surface area (Å²) in [6.07, 6.45) is 1.82. The van der Waals surface area contributed by atoms with Gasteiger partial charge in [0.15, 0.2) is 0 Å². The zero-order valence-corrected chi connectivity index (χ0v) is 12.7. The number of halogens is 1. The number of aliphatic hydroxyl groups is 1. The maximum Gasteiger partial charge on any atom is 0.0465 e. The third-order valence-electron chi connectivity index (χ3n) is 3.49. The quantitative estimate of drug-likeness (QED) is 0.878. The summed E-state index contributed by atoms with van der Waals surface area (Å²) in [5.41, 5.74) is 3.89. The summed E-state index contributed by atoms with van der Waals surface area (Å²) in [5, 5.41) is 9.62. The van der Waals surface area contributed by atoms with E-state index in [1.54, 1.807) is 0 Å². The lowest BCUT2D eigenvalue weighted by atomic mass is 9.91. The van der Waals surface area contributed by atoms with Crippen molar-refractivity contribution < 1.29 is 5.11 Å². The molecule has 0 amide bonds. The van der Waals surface area contributed by atoms with Crippen molar-refractivity contribution >= 4 is 15.9 Å². The van der Waals surface area contributed by atoms with E-state index in [1.165, 1.54) is 16.7 Å². The van der Waals surface area contributed by atoms with Gasteiger partial charge < -0.3 is 5.11 Å². The summed E-state index contributed by atoms with van der Waals surface area (Å²) >= 11 is 3.57. The first kappa shape index (κ1) is 14.3. The number of aryl methyl sites for hydroxylation is 1. The van der Waals surface area contributed by atoms with Crippen molar-refractivity contribution in [1.29, 1.82) is 0 Å². The van der Waals surface area contributed by atoms with E-state index in [1.807, 2.05) is 12.1 Å². The summed E-state index contributed by atoms with van der Waals surface area (Å²) in [6.45, 7) is 2.35. The minimum Gasteiger partial charge on any atom is -0.396 e. The molecule has 1 N–H and O–H groups in total. The number of benzene rings is 2. The van der Waals surface area contributed by atoms with Crippen molar-refractivity contribution in [3.05, 3.63) is 69.7 Å². The molecule has 0 fully saturated rings. The van der Waals surface area contributed by atoms with Crippen LogP contribution in [0.25, 0.3) is 0 Å². The smallest absolute Gasteiger partial charge is 0.0465 e. The van der Waals surface area contributed by atoms with Gasteiger partial charge in [0.2, 0.25) is 0 Å². The third kappa shape index (κ3) is 3.92. The predicted octanol–water partition coefficient (Wildman–Crippen LogP) is 4.15. The van der Waals surface area contributed by atoms with Crippen molar-refractivity contribution in [3.8, 4) is 0 Å². The minimum absolute atomic E-state index is 0.218. The second-order valence-corrected chi connectivity index (χ2v) is 5.83. The Labute approximate surface area is 123 Å². The van der Waals surface area contributed by atoms with Crippen LogP contribution in [-0.2, 0) is 12.8 Å². The number of rotatable bonds is 5. The van der Waals surface area contributed by atoms with Crippen LogP contribution in [0.3, 0.4) is 0 Å². The van der Waals surface area contributed by atoms with E-state index in [2.05, 4.69) is 59.3 Å². The molecule has 19 heavy (non-hydrogen) atoms. The molecule has 1 unspecified atom stereocenters. The largest absolute Gasteiger partial charge is 0.396 e. The Morgan fingerprint density at radius 3 is 2.16 bits per heavy atom. The van der Waals surface area contributed by atoms with Gasteiger partial charge in [-0.15, -0.1) is 0 Å². The number of hydrogen-bond acceptors (Lipinski definition) is 1. The highest BCUT2D eigenvalue weighted by Crippen LogP contribution is 2.22. The van der Waals surface area contributed by atoms with E-state index in [0.717, 1.165) is 17.3 Å². The second-order valence-electron chi connectivity index (χ2n) is 4.97. The normalized spacial score (nSPS) is 12.4. The van der Waals surface area contributed by atoms with E-state index in [9.17, 15) is 5.11 Å². The second kappa shape index (κ2) is 6.88. The van der Waals surface area contributed by atoms with Crippen molar-refractivity contribution in [3.63, 3.8) is 0 Å². The fourth-order valence-corrected chi connectivity index (χ4v) is 2.77. The molecule has 2 aromatic carbocycles. The minimum atomic E-state index is 0.218. The molecule has 2 aromatic rings. The highest BCUT2D eigenvalue weighted by atomic mass is 79.9. The number of aliphatic hydroxyl groups excluding tert-OH is 1. The van der Waals surface area contributed by atoms with Crippen LogP contribution < -0.4 is 0 Å². The molecule has 0 saturated heterocycles. The molecule has 2 heteroatoms. The van der Waals surface area contributed by atoms with Crippen LogP contribution in [0.4, 0.5) is 0 Å². The lowest BCUT2D eigenvalue weighted by Gasteiger charge is -2.16. The first-order valence-corrected chi connectivity index (χ1v) is 7.38. The summed E-state index contributed by atoms with van der Waals surface area (Å²) < 4.78 is 1.12. The van der Waals surface area contributed by atoms with Crippen LogP contribution in [0, 0.1) is 12.8 Å². The highest BCUT2D eigenvalue weighted by molar-refractivity contribution is 9.10. The molecule has 0 bridgehead atoms. The zero-order valence-electron chi connectivity index (χ0n) is 11.1. The van der Waals surface area contributed by atoms with Crippen LogP contribution in [0.1, 0.15) is 16.7 Å². The van der Waals surface area contributed by atoms with Crippen LogP contribution in [0.5, 0.6) is 0 Å². The van der Waals surface area contributed by atoms with Crippen LogP contribution in [0.2, 0.25) is 0 Å². The average molecular weight is 319 g/mol. The molecule has 0 heterocycles. The lowest BCUT2D eigenvalue weighted by molar-refractivity contribution is 0.224. The summed E-state index contributed by atoms with van der Waals surface area (Å²) in [6, 6.07) is 16.6. The Bertz CT molecular complexity index is 489. The molecule has 0 aliphatic heterocycles. The Morgan fingerprint density at radius 2 is 1.53 bits per heavy atom. The maximum atomic E-state index is 9.62. The van der Waals surface area contributed by atoms with Gasteiger partial charge in [-0.05, 0) is 48.4 Å². The monoisotopic (exact) mass is 318 g/mol. The molecule has 100 valence electrons. The third-order valence-corrected chi connectivity index (χ3v) is 4.27. The van der Waals surface area contributed by atoms with Crippen molar-refractivity contribution in [2.75, 3.05) is 6.61 Å². The molecule has 0 aliphatic carbocycles. The molecule has 1 atom stereocenters. The Kier molecular flexibility index (Phi) is 5.17. The van der Waals surface area contributed by atoms with E-state index in [4.69, 9.17) is 0 Å². The molecule has 0 aliphatic rings. The first-order valence-electron chi connectivity index (χ1n) is 6.59. The molecule has 2 rings (SSSR count). The fraction of sp³-hybridized carbons (Fsp3) is 0.294. The van der Waals surface area contributed by atoms with E-state index < -0.39 is 0 Å². The molecule has 1 nitrogen and oxygen atoms in total. The van der Waals surface area contributed by atoms with Gasteiger partial charge in [-0.3, -0.25) is 0 Å². The SMILES string of the molecule is Cc1ccccc1CC(CO)Cc1ccccc1Br. The topological polar surface area (TPSA) is 20.2 Å². The molecular weight excluding hydrogens is 300 g/mol. The van der Waals surface area contributed by atoms with E-state index in [0.29, 0.717) is 0 Å². The zero-order chi connectivity index (χ0) is 13.7. The predicted molar refractivity (Wildman–Crippen MR) is 83.3 cm³/mol. The van der Waals surface area contributed by atoms with Gasteiger partial charge in [0.25, 0.3) is 0 Å². The summed E-state index contributed by atoms with van der Waals surface area (Å²) in [7, 11) is 0. The number of hydrogen-bond donors (Lipinski definition) is 1. The van der Waals surface area contributed by atoms with Crippen molar-refractivity contribution in [1.82, 2.24) is 0 Å². The standard InChI is InChI=1S/C17H19BrO/c1-13-6-2-3-7-15(13)10-14(12-19)11-16-8-4-5-9-17(16)18/h2-9,14,19H,10-12H2,1H3. The highest BCUT2D eigenvalue weighted by Gasteiger charge is 2.12. The van der Waals surface area contributed by atoms with Gasteiger partial charge in [-0.1, -0.05) is 58.4 Å². The molecule has 0 saturated carbocycles. The van der Waals surface area contributed by atoms with Gasteiger partial charge in [-0.25, -0.2) is 0 Å². The van der Waals surface area contributed by atoms with Crippen LogP contribution in [-0.4, -0.2) is 11.7 Å². The van der Waals surface area contributed by atoms with Gasteiger partial charge in [-0.2, -0.15) is 0 Å². The van der Waals surface area contributed by atoms with Crippen LogP contribution >= 0.6 is 15.9 Å². The van der Waals surface area contributed by atoms with Gasteiger partial charge >= 0.3 is 0 Å². The molecule has 0 aromatic heterocycles. The molecule has 0 spiro atoms. The molecule has 0 radical (unpaired) electrons. The van der Waals surface area contributed by atoms with E-state index >= 15 is 0 Å². The Balaban J connectivity index is 2.09.